The van der Waals surface area contributed by atoms with Gasteiger partial charge in [-0.05, 0) is 49.4 Å². The smallest absolute Gasteiger partial charge is 0.336 e. The van der Waals surface area contributed by atoms with Crippen LogP contribution in [0.25, 0.3) is 11.0 Å². The summed E-state index contributed by atoms with van der Waals surface area (Å²) in [6, 6.07) is 9.57. The highest BCUT2D eigenvalue weighted by Crippen LogP contribution is 2.32. The van der Waals surface area contributed by atoms with Crippen LogP contribution in [-0.4, -0.2) is 20.4 Å². The van der Waals surface area contributed by atoms with E-state index in [4.69, 9.17) is 20.8 Å². The molecule has 9 heteroatoms. The average molecular weight is 506 g/mol. The van der Waals surface area contributed by atoms with Gasteiger partial charge in [0, 0.05) is 17.5 Å². The van der Waals surface area contributed by atoms with Crippen LogP contribution >= 0.6 is 11.6 Å². The number of halogens is 1. The van der Waals surface area contributed by atoms with Crippen LogP contribution in [0.5, 0.6) is 5.75 Å². The van der Waals surface area contributed by atoms with Crippen LogP contribution < -0.4 is 15.1 Å². The highest BCUT2D eigenvalue weighted by Gasteiger charge is 2.29. The highest BCUT2D eigenvalue weighted by molar-refractivity contribution is 7.89. The van der Waals surface area contributed by atoms with E-state index in [1.807, 2.05) is 27.7 Å². The van der Waals surface area contributed by atoms with Gasteiger partial charge >= 0.3 is 11.6 Å². The summed E-state index contributed by atoms with van der Waals surface area (Å²) in [6.07, 6.45) is 1.70. The molecule has 1 heterocycles. The number of carbonyl (C=O) groups excluding carboxylic acids is 1. The standard InChI is InChI=1S/C25H28ClNO6S/c1-5-6-17-12-24(28)32-22-14-23(20(26)13-19(17)22)33-25(29)21(11-15(2)3)27-34(30,31)18-9-7-16(4)8-10-18/h7-10,12-15,21,27H,5-6,11H2,1-4H3/t21-/m1/s1. The van der Waals surface area contributed by atoms with Gasteiger partial charge in [-0.25, -0.2) is 18.0 Å². The molecule has 0 aliphatic carbocycles. The van der Waals surface area contributed by atoms with Crippen molar-refractivity contribution in [1.82, 2.24) is 4.72 Å². The summed E-state index contributed by atoms with van der Waals surface area (Å²) >= 11 is 6.38. The fraction of sp³-hybridized carbons (Fsp3) is 0.360. The Hall–Kier alpha value is -2.68. The molecule has 182 valence electrons. The number of sulfonamides is 1. The summed E-state index contributed by atoms with van der Waals surface area (Å²) in [5.41, 5.74) is 1.43. The molecule has 0 saturated heterocycles. The van der Waals surface area contributed by atoms with Gasteiger partial charge in [0.25, 0.3) is 0 Å². The van der Waals surface area contributed by atoms with Crippen molar-refractivity contribution in [3.63, 3.8) is 0 Å². The number of rotatable bonds is 9. The molecule has 1 aromatic heterocycles. The first kappa shape index (κ1) is 25.9. The molecule has 0 spiro atoms. The van der Waals surface area contributed by atoms with Crippen LogP contribution in [0, 0.1) is 12.8 Å². The average Bonchev–Trinajstić information content (AvgIpc) is 2.74. The van der Waals surface area contributed by atoms with Crippen LogP contribution in [0.4, 0.5) is 0 Å². The number of nitrogens with one attached hydrogen (secondary N) is 1. The monoisotopic (exact) mass is 505 g/mol. The summed E-state index contributed by atoms with van der Waals surface area (Å²) in [6.45, 7) is 7.58. The third kappa shape index (κ3) is 6.25. The minimum atomic E-state index is -3.97. The lowest BCUT2D eigenvalue weighted by Gasteiger charge is -2.20. The van der Waals surface area contributed by atoms with Crippen LogP contribution in [0.1, 0.15) is 44.7 Å². The van der Waals surface area contributed by atoms with E-state index < -0.39 is 27.7 Å². The molecule has 34 heavy (non-hydrogen) atoms. The molecular weight excluding hydrogens is 478 g/mol. The zero-order valence-corrected chi connectivity index (χ0v) is 21.1. The van der Waals surface area contributed by atoms with Gasteiger partial charge in [-0.2, -0.15) is 4.72 Å². The van der Waals surface area contributed by atoms with Crippen LogP contribution in [0.15, 0.2) is 56.6 Å². The molecule has 0 bridgehead atoms. The lowest BCUT2D eigenvalue weighted by molar-refractivity contribution is -0.136. The number of aryl methyl sites for hydroxylation is 2. The number of ether oxygens (including phenoxy) is 1. The maximum Gasteiger partial charge on any atom is 0.336 e. The predicted molar refractivity (Wildman–Crippen MR) is 132 cm³/mol. The Bertz CT molecular complexity index is 1350. The summed E-state index contributed by atoms with van der Waals surface area (Å²) in [4.78, 5) is 25.0. The molecule has 1 atom stereocenters. The van der Waals surface area contributed by atoms with Gasteiger partial charge in [0.1, 0.15) is 11.6 Å². The van der Waals surface area contributed by atoms with Crippen LogP contribution in [0.2, 0.25) is 5.02 Å². The predicted octanol–water partition coefficient (Wildman–Crippen LogP) is 5.01. The number of esters is 1. The molecule has 0 unspecified atom stereocenters. The molecule has 7 nitrogen and oxygen atoms in total. The molecule has 3 rings (SSSR count). The first-order valence-corrected chi connectivity index (χ1v) is 12.9. The number of benzene rings is 2. The van der Waals surface area contributed by atoms with Crippen molar-refractivity contribution in [2.24, 2.45) is 5.92 Å². The van der Waals surface area contributed by atoms with E-state index in [2.05, 4.69) is 4.72 Å². The van der Waals surface area contributed by atoms with Crippen molar-refractivity contribution in [3.05, 3.63) is 69.0 Å². The minimum Gasteiger partial charge on any atom is -0.424 e. The van der Waals surface area contributed by atoms with Crippen molar-refractivity contribution < 1.29 is 22.4 Å². The molecule has 0 amide bonds. The van der Waals surface area contributed by atoms with Gasteiger partial charge in [-0.1, -0.05) is 56.5 Å². The van der Waals surface area contributed by atoms with E-state index in [0.29, 0.717) is 11.8 Å². The van der Waals surface area contributed by atoms with E-state index >= 15 is 0 Å². The molecule has 0 fully saturated rings. The molecule has 0 aliphatic heterocycles. The van der Waals surface area contributed by atoms with Gasteiger partial charge in [0.2, 0.25) is 10.0 Å². The topological polar surface area (TPSA) is 103 Å². The molecule has 0 radical (unpaired) electrons. The first-order valence-electron chi connectivity index (χ1n) is 11.1. The molecule has 0 aliphatic rings. The van der Waals surface area contributed by atoms with Gasteiger partial charge in [0.05, 0.1) is 9.92 Å². The summed E-state index contributed by atoms with van der Waals surface area (Å²) in [7, 11) is -3.97. The normalized spacial score (nSPS) is 12.8. The van der Waals surface area contributed by atoms with Crippen molar-refractivity contribution in [2.75, 3.05) is 0 Å². The Labute approximate surface area is 204 Å². The quantitative estimate of drug-likeness (QED) is 0.249. The lowest BCUT2D eigenvalue weighted by atomic mass is 10.0. The van der Waals surface area contributed by atoms with Crippen molar-refractivity contribution >= 4 is 38.6 Å². The van der Waals surface area contributed by atoms with E-state index in [1.54, 1.807) is 18.2 Å². The molecular formula is C25H28ClNO6S. The fourth-order valence-electron chi connectivity index (χ4n) is 3.60. The number of hydrogen-bond donors (Lipinski definition) is 1. The molecule has 1 N–H and O–H groups in total. The van der Waals surface area contributed by atoms with Crippen molar-refractivity contribution in [3.8, 4) is 5.75 Å². The molecule has 2 aromatic carbocycles. The molecule has 0 saturated carbocycles. The van der Waals surface area contributed by atoms with Crippen molar-refractivity contribution in [1.29, 1.82) is 0 Å². The SMILES string of the molecule is CCCc1cc(=O)oc2cc(OC(=O)[C@@H](CC(C)C)NS(=O)(=O)c3ccc(C)cc3)c(Cl)cc12. The fourth-order valence-corrected chi connectivity index (χ4v) is 5.00. The second-order valence-corrected chi connectivity index (χ2v) is 10.8. The Morgan fingerprint density at radius 1 is 1.15 bits per heavy atom. The minimum absolute atomic E-state index is 0.0000308. The van der Waals surface area contributed by atoms with Crippen LogP contribution in [0.3, 0.4) is 0 Å². The zero-order valence-electron chi connectivity index (χ0n) is 19.6. The first-order chi connectivity index (χ1) is 16.0. The van der Waals surface area contributed by atoms with E-state index in [-0.39, 0.29) is 33.6 Å². The molecule has 3 aromatic rings. The van der Waals surface area contributed by atoms with E-state index in [0.717, 1.165) is 17.5 Å². The third-order valence-electron chi connectivity index (χ3n) is 5.23. The van der Waals surface area contributed by atoms with Crippen molar-refractivity contribution in [2.45, 2.75) is 57.9 Å². The van der Waals surface area contributed by atoms with Gasteiger partial charge in [0.15, 0.2) is 5.75 Å². The summed E-state index contributed by atoms with van der Waals surface area (Å²) in [5, 5.41) is 0.807. The number of hydrogen-bond acceptors (Lipinski definition) is 6. The van der Waals surface area contributed by atoms with E-state index in [1.165, 1.54) is 24.3 Å². The maximum atomic E-state index is 13.0. The lowest BCUT2D eigenvalue weighted by Crippen LogP contribution is -2.43. The third-order valence-corrected chi connectivity index (χ3v) is 7.02. The Balaban J connectivity index is 1.91. The maximum absolute atomic E-state index is 13.0. The highest BCUT2D eigenvalue weighted by atomic mass is 35.5. The number of carbonyl (C=O) groups is 1. The van der Waals surface area contributed by atoms with Gasteiger partial charge in [-0.15, -0.1) is 0 Å². The zero-order chi connectivity index (χ0) is 25.0. The summed E-state index contributed by atoms with van der Waals surface area (Å²) < 4.78 is 39.0. The summed E-state index contributed by atoms with van der Waals surface area (Å²) in [5.74, 6) is -0.822. The Kier molecular flexibility index (Phi) is 8.17. The second-order valence-electron chi connectivity index (χ2n) is 8.66. The largest absolute Gasteiger partial charge is 0.424 e. The van der Waals surface area contributed by atoms with Gasteiger partial charge < -0.3 is 9.15 Å². The Morgan fingerprint density at radius 3 is 2.44 bits per heavy atom. The van der Waals surface area contributed by atoms with Crippen LogP contribution in [-0.2, 0) is 21.2 Å². The number of fused-ring (bicyclic) bond motifs is 1. The Morgan fingerprint density at radius 2 is 1.82 bits per heavy atom. The second kappa shape index (κ2) is 10.7. The van der Waals surface area contributed by atoms with Gasteiger partial charge in [-0.3, -0.25) is 0 Å². The van der Waals surface area contributed by atoms with E-state index in [9.17, 15) is 18.0 Å².